The molecule has 0 spiro atoms. The average Bonchev–Trinajstić information content (AvgIpc) is 3.66. The molecule has 0 aromatic carbocycles. The summed E-state index contributed by atoms with van der Waals surface area (Å²) in [6.07, 6.45) is 8.28. The van der Waals surface area contributed by atoms with Crippen LogP contribution in [0.3, 0.4) is 0 Å². The minimum atomic E-state index is 0.190. The molecule has 3 heterocycles. The molecular formula is C24H25ClN6O. The van der Waals surface area contributed by atoms with Gasteiger partial charge in [0.25, 0.3) is 0 Å². The molecule has 3 saturated carbocycles. The lowest BCUT2D eigenvalue weighted by Gasteiger charge is -2.43. The SMILES string of the molecule is N#Cc1cc(-c2ccnc(Cl)n2)c(C2CC2)nc1N1CCN(C(=O)C2CC2)C(C2CC2)C1. The minimum Gasteiger partial charge on any atom is -0.352 e. The molecule has 164 valence electrons. The summed E-state index contributed by atoms with van der Waals surface area (Å²) < 4.78 is 0. The lowest BCUT2D eigenvalue weighted by atomic mass is 10.0. The van der Waals surface area contributed by atoms with Gasteiger partial charge in [0.1, 0.15) is 11.9 Å². The standard InChI is InChI=1S/C24H25ClN6O/c25-24-27-8-7-19(28-24)18-11-17(12-26)22(29-21(18)15-3-4-15)30-9-10-31(23(32)16-5-6-16)20(13-30)14-1-2-14/h7-8,11,14-16,20H,1-6,9-10,13H2. The van der Waals surface area contributed by atoms with E-state index in [9.17, 15) is 10.1 Å². The van der Waals surface area contributed by atoms with E-state index in [1.807, 2.05) is 12.1 Å². The fourth-order valence-corrected chi connectivity index (χ4v) is 5.07. The first-order chi connectivity index (χ1) is 15.6. The van der Waals surface area contributed by atoms with Gasteiger partial charge >= 0.3 is 0 Å². The number of hydrogen-bond donors (Lipinski definition) is 0. The van der Waals surface area contributed by atoms with Crippen LogP contribution in [0.5, 0.6) is 0 Å². The first-order valence-corrected chi connectivity index (χ1v) is 12.0. The van der Waals surface area contributed by atoms with Crippen molar-refractivity contribution in [2.75, 3.05) is 24.5 Å². The highest BCUT2D eigenvalue weighted by Gasteiger charge is 2.45. The number of rotatable bonds is 5. The summed E-state index contributed by atoms with van der Waals surface area (Å²) in [6.45, 7) is 2.19. The molecule has 2 aromatic rings. The molecule has 8 heteroatoms. The van der Waals surface area contributed by atoms with Gasteiger partial charge in [0, 0.05) is 43.2 Å². The zero-order valence-electron chi connectivity index (χ0n) is 17.9. The van der Waals surface area contributed by atoms with E-state index in [4.69, 9.17) is 16.6 Å². The number of nitriles is 1. The largest absolute Gasteiger partial charge is 0.352 e. The zero-order valence-corrected chi connectivity index (χ0v) is 18.6. The highest BCUT2D eigenvalue weighted by Crippen LogP contribution is 2.45. The molecule has 6 rings (SSSR count). The predicted octanol–water partition coefficient (Wildman–Crippen LogP) is 3.78. The van der Waals surface area contributed by atoms with Gasteiger partial charge in [-0.25, -0.2) is 15.0 Å². The molecule has 2 aromatic heterocycles. The molecule has 1 amide bonds. The van der Waals surface area contributed by atoms with Crippen LogP contribution in [0, 0.1) is 23.2 Å². The summed E-state index contributed by atoms with van der Waals surface area (Å²) in [5, 5.41) is 10.2. The van der Waals surface area contributed by atoms with E-state index in [2.05, 4.69) is 25.8 Å². The Bertz CT molecular complexity index is 1120. The van der Waals surface area contributed by atoms with Crippen LogP contribution >= 0.6 is 11.6 Å². The number of aromatic nitrogens is 3. The fourth-order valence-electron chi connectivity index (χ4n) is 4.92. The highest BCUT2D eigenvalue weighted by atomic mass is 35.5. The van der Waals surface area contributed by atoms with Gasteiger partial charge in [-0.1, -0.05) is 0 Å². The first kappa shape index (κ1) is 19.9. The lowest BCUT2D eigenvalue weighted by molar-refractivity contribution is -0.135. The van der Waals surface area contributed by atoms with E-state index < -0.39 is 0 Å². The summed E-state index contributed by atoms with van der Waals surface area (Å²) in [5.41, 5.74) is 3.13. The molecular weight excluding hydrogens is 424 g/mol. The van der Waals surface area contributed by atoms with Crippen LogP contribution in [0.25, 0.3) is 11.3 Å². The molecule has 0 radical (unpaired) electrons. The summed E-state index contributed by atoms with van der Waals surface area (Å²) in [6, 6.07) is 6.34. The van der Waals surface area contributed by atoms with Gasteiger partial charge in [0.2, 0.25) is 11.2 Å². The Morgan fingerprint density at radius 1 is 1.12 bits per heavy atom. The molecule has 1 unspecified atom stereocenters. The van der Waals surface area contributed by atoms with Crippen LogP contribution in [-0.4, -0.2) is 51.4 Å². The quantitative estimate of drug-likeness (QED) is 0.647. The number of piperazine rings is 1. The van der Waals surface area contributed by atoms with Crippen LogP contribution in [-0.2, 0) is 4.79 Å². The number of hydrogen-bond acceptors (Lipinski definition) is 6. The van der Waals surface area contributed by atoms with Crippen molar-refractivity contribution in [2.24, 2.45) is 11.8 Å². The summed E-state index contributed by atoms with van der Waals surface area (Å²) >= 11 is 6.04. The van der Waals surface area contributed by atoms with Gasteiger partial charge in [0.15, 0.2) is 0 Å². The van der Waals surface area contributed by atoms with E-state index in [0.717, 1.165) is 49.3 Å². The fraction of sp³-hybridized carbons (Fsp3) is 0.542. The Hall–Kier alpha value is -2.72. The van der Waals surface area contributed by atoms with Gasteiger partial charge in [-0.15, -0.1) is 0 Å². The van der Waals surface area contributed by atoms with Crippen molar-refractivity contribution in [1.82, 2.24) is 19.9 Å². The van der Waals surface area contributed by atoms with Gasteiger partial charge in [-0.05, 0) is 68.2 Å². The monoisotopic (exact) mass is 448 g/mol. The molecule has 32 heavy (non-hydrogen) atoms. The molecule has 1 saturated heterocycles. The third-order valence-corrected chi connectivity index (χ3v) is 7.29. The molecule has 7 nitrogen and oxygen atoms in total. The maximum Gasteiger partial charge on any atom is 0.226 e. The Balaban J connectivity index is 1.35. The Labute approximate surface area is 192 Å². The number of carbonyl (C=O) groups is 1. The van der Waals surface area contributed by atoms with E-state index in [-0.39, 0.29) is 17.2 Å². The van der Waals surface area contributed by atoms with E-state index in [1.165, 1.54) is 12.8 Å². The van der Waals surface area contributed by atoms with Crippen LogP contribution < -0.4 is 4.90 Å². The molecule has 3 aliphatic carbocycles. The number of pyridine rings is 1. The molecule has 0 bridgehead atoms. The molecule has 1 atom stereocenters. The molecule has 4 aliphatic rings. The van der Waals surface area contributed by atoms with Crippen LogP contribution in [0.4, 0.5) is 5.82 Å². The van der Waals surface area contributed by atoms with Crippen molar-refractivity contribution in [3.05, 3.63) is 34.9 Å². The lowest BCUT2D eigenvalue weighted by Crippen LogP contribution is -2.57. The Morgan fingerprint density at radius 2 is 1.94 bits per heavy atom. The van der Waals surface area contributed by atoms with Gasteiger partial charge in [-0.2, -0.15) is 5.26 Å². The minimum absolute atomic E-state index is 0.190. The first-order valence-electron chi connectivity index (χ1n) is 11.6. The summed E-state index contributed by atoms with van der Waals surface area (Å²) in [5.74, 6) is 2.31. The Kier molecular flexibility index (Phi) is 4.80. The molecule has 0 N–H and O–H groups in total. The number of nitrogens with zero attached hydrogens (tertiary/aromatic N) is 6. The third-order valence-electron chi connectivity index (χ3n) is 7.11. The highest BCUT2D eigenvalue weighted by molar-refractivity contribution is 6.28. The third kappa shape index (κ3) is 3.71. The van der Waals surface area contributed by atoms with Gasteiger partial charge in [-0.3, -0.25) is 4.79 Å². The number of carbonyl (C=O) groups excluding carboxylic acids is 1. The van der Waals surface area contributed by atoms with Crippen molar-refractivity contribution in [3.8, 4) is 17.3 Å². The van der Waals surface area contributed by atoms with Crippen molar-refractivity contribution < 1.29 is 4.79 Å². The van der Waals surface area contributed by atoms with E-state index in [1.54, 1.807) is 6.20 Å². The second-order valence-corrected chi connectivity index (χ2v) is 9.88. The predicted molar refractivity (Wildman–Crippen MR) is 120 cm³/mol. The average molecular weight is 449 g/mol. The van der Waals surface area contributed by atoms with Crippen LogP contribution in [0.2, 0.25) is 5.28 Å². The second kappa shape index (κ2) is 7.70. The maximum atomic E-state index is 12.9. The topological polar surface area (TPSA) is 86.0 Å². The maximum absolute atomic E-state index is 12.9. The summed E-state index contributed by atoms with van der Waals surface area (Å²) in [7, 11) is 0. The Morgan fingerprint density at radius 3 is 2.59 bits per heavy atom. The van der Waals surface area contributed by atoms with Crippen molar-refractivity contribution >= 4 is 23.3 Å². The van der Waals surface area contributed by atoms with Crippen LogP contribution in [0.15, 0.2) is 18.3 Å². The van der Waals surface area contributed by atoms with Crippen LogP contribution in [0.1, 0.15) is 55.7 Å². The zero-order chi connectivity index (χ0) is 21.8. The van der Waals surface area contributed by atoms with Crippen molar-refractivity contribution in [1.29, 1.82) is 5.26 Å². The van der Waals surface area contributed by atoms with Gasteiger partial charge < -0.3 is 9.80 Å². The van der Waals surface area contributed by atoms with Gasteiger partial charge in [0.05, 0.1) is 23.0 Å². The smallest absolute Gasteiger partial charge is 0.226 e. The normalized spacial score (nSPS) is 23.2. The van der Waals surface area contributed by atoms with Crippen molar-refractivity contribution in [2.45, 2.75) is 50.5 Å². The number of amides is 1. The second-order valence-electron chi connectivity index (χ2n) is 9.55. The number of anilines is 1. The molecule has 4 fully saturated rings. The van der Waals surface area contributed by atoms with E-state index >= 15 is 0 Å². The summed E-state index contributed by atoms with van der Waals surface area (Å²) in [4.78, 5) is 30.7. The van der Waals surface area contributed by atoms with E-state index in [0.29, 0.717) is 42.1 Å². The molecule has 1 aliphatic heterocycles. The van der Waals surface area contributed by atoms with Crippen molar-refractivity contribution in [3.63, 3.8) is 0 Å². The number of halogens is 1.